The molecule has 2 aliphatic rings. The number of aromatic nitrogens is 2. The van der Waals surface area contributed by atoms with Crippen LogP contribution in [-0.2, 0) is 11.3 Å². The maximum atomic E-state index is 13.0. The minimum atomic E-state index is -0.577. The predicted octanol–water partition coefficient (Wildman–Crippen LogP) is 7.08. The molecule has 45 heavy (non-hydrogen) atoms. The second kappa shape index (κ2) is 12.8. The number of nitrogens with zero attached hydrogens (tertiary/aromatic N) is 2. The number of carbonyl (C=O) groups is 1. The van der Waals surface area contributed by atoms with E-state index in [9.17, 15) is 9.59 Å². The van der Waals surface area contributed by atoms with E-state index >= 15 is 0 Å². The highest BCUT2D eigenvalue weighted by Gasteiger charge is 2.30. The standard InChI is InChI=1S/C36H41N3O6/c1-36(2,3)45-35(41)39-18-6-7-25(20-39)28-19-29(37-34-27(28)16-17-32(40)38-34)33-30(43-21-23-10-11-23)8-5-9-31(33)44-22-24-12-14-26(42-4)15-13-24/h5,8-9,12-17,19,23,25H,6-7,10-11,18,20-22H2,1-4H3,(H,37,38,40). The molecule has 1 saturated carbocycles. The van der Waals surface area contributed by atoms with Gasteiger partial charge in [-0.1, -0.05) is 18.2 Å². The van der Waals surface area contributed by atoms with E-state index in [0.717, 1.165) is 40.7 Å². The van der Waals surface area contributed by atoms with Crippen LogP contribution in [0.25, 0.3) is 22.3 Å². The number of H-pyrrole nitrogens is 1. The monoisotopic (exact) mass is 611 g/mol. The maximum absolute atomic E-state index is 13.0. The van der Waals surface area contributed by atoms with Crippen molar-refractivity contribution < 1.29 is 23.7 Å². The molecule has 1 atom stereocenters. The van der Waals surface area contributed by atoms with Gasteiger partial charge in [0.25, 0.3) is 0 Å². The summed E-state index contributed by atoms with van der Waals surface area (Å²) in [7, 11) is 1.64. The lowest BCUT2D eigenvalue weighted by Crippen LogP contribution is -2.42. The van der Waals surface area contributed by atoms with Crippen molar-refractivity contribution in [2.45, 2.75) is 64.6 Å². The normalized spacial score (nSPS) is 16.8. The Hall–Kier alpha value is -4.53. The minimum absolute atomic E-state index is 0.0182. The van der Waals surface area contributed by atoms with Gasteiger partial charge in [0.05, 0.1) is 25.0 Å². The first-order valence-electron chi connectivity index (χ1n) is 15.7. The Morgan fingerprint density at radius 2 is 1.76 bits per heavy atom. The van der Waals surface area contributed by atoms with Crippen LogP contribution in [0.5, 0.6) is 17.2 Å². The number of benzene rings is 2. The zero-order valence-electron chi connectivity index (χ0n) is 26.4. The van der Waals surface area contributed by atoms with Crippen LogP contribution in [-0.4, -0.2) is 53.4 Å². The van der Waals surface area contributed by atoms with Crippen LogP contribution in [0.4, 0.5) is 4.79 Å². The summed E-state index contributed by atoms with van der Waals surface area (Å²) in [5.41, 5.74) is 3.06. The highest BCUT2D eigenvalue weighted by Crippen LogP contribution is 2.42. The molecule has 236 valence electrons. The third kappa shape index (κ3) is 7.41. The minimum Gasteiger partial charge on any atom is -0.497 e. The van der Waals surface area contributed by atoms with Crippen LogP contribution in [0.2, 0.25) is 0 Å². The number of methoxy groups -OCH3 is 1. The van der Waals surface area contributed by atoms with E-state index in [2.05, 4.69) is 11.1 Å². The number of ether oxygens (including phenoxy) is 4. The summed E-state index contributed by atoms with van der Waals surface area (Å²) in [6.45, 7) is 7.74. The third-order valence-electron chi connectivity index (χ3n) is 8.22. The summed E-state index contributed by atoms with van der Waals surface area (Å²) in [6, 6.07) is 19.0. The van der Waals surface area contributed by atoms with Gasteiger partial charge in [-0.25, -0.2) is 9.78 Å². The number of rotatable bonds is 9. The average Bonchev–Trinajstić information content (AvgIpc) is 3.86. The Balaban J connectivity index is 1.40. The first kappa shape index (κ1) is 30.5. The van der Waals surface area contributed by atoms with Gasteiger partial charge in [-0.2, -0.15) is 0 Å². The van der Waals surface area contributed by atoms with Gasteiger partial charge in [0.1, 0.15) is 35.1 Å². The van der Waals surface area contributed by atoms with E-state index in [1.165, 1.54) is 18.9 Å². The van der Waals surface area contributed by atoms with Crippen LogP contribution in [0.15, 0.2) is 65.5 Å². The highest BCUT2D eigenvalue weighted by molar-refractivity contribution is 5.85. The summed E-state index contributed by atoms with van der Waals surface area (Å²) in [4.78, 5) is 35.2. The Labute approximate surface area is 263 Å². The van der Waals surface area contributed by atoms with E-state index in [0.29, 0.717) is 55.1 Å². The number of likely N-dealkylation sites (tertiary alicyclic amines) is 1. The molecule has 2 fully saturated rings. The van der Waals surface area contributed by atoms with Crippen molar-refractivity contribution in [2.75, 3.05) is 26.8 Å². The Bertz CT molecular complexity index is 1720. The molecule has 1 amide bonds. The Morgan fingerprint density at radius 3 is 2.47 bits per heavy atom. The number of pyridine rings is 2. The smallest absolute Gasteiger partial charge is 0.410 e. The first-order valence-corrected chi connectivity index (χ1v) is 15.7. The number of nitrogens with one attached hydrogen (secondary N) is 1. The van der Waals surface area contributed by atoms with Crippen molar-refractivity contribution >= 4 is 17.1 Å². The molecule has 1 aliphatic carbocycles. The number of hydrogen-bond acceptors (Lipinski definition) is 7. The molecule has 2 aromatic carbocycles. The fourth-order valence-corrected chi connectivity index (χ4v) is 5.73. The number of carbonyl (C=O) groups excluding carboxylic acids is 1. The van der Waals surface area contributed by atoms with E-state index in [1.807, 2.05) is 69.3 Å². The maximum Gasteiger partial charge on any atom is 0.410 e. The van der Waals surface area contributed by atoms with Gasteiger partial charge in [-0.15, -0.1) is 0 Å². The Morgan fingerprint density at radius 1 is 1.00 bits per heavy atom. The summed E-state index contributed by atoms with van der Waals surface area (Å²) >= 11 is 0. The second-order valence-electron chi connectivity index (χ2n) is 13.0. The molecule has 4 aromatic rings. The van der Waals surface area contributed by atoms with Crippen molar-refractivity contribution in [3.8, 4) is 28.5 Å². The number of fused-ring (bicyclic) bond motifs is 1. The predicted molar refractivity (Wildman–Crippen MR) is 173 cm³/mol. The van der Waals surface area contributed by atoms with Gasteiger partial charge >= 0.3 is 6.09 Å². The third-order valence-corrected chi connectivity index (χ3v) is 8.22. The van der Waals surface area contributed by atoms with Crippen molar-refractivity contribution in [3.63, 3.8) is 0 Å². The molecule has 9 heteroatoms. The Kier molecular flexibility index (Phi) is 8.70. The molecular weight excluding hydrogens is 570 g/mol. The number of aromatic amines is 1. The van der Waals surface area contributed by atoms with E-state index in [4.69, 9.17) is 23.9 Å². The zero-order valence-corrected chi connectivity index (χ0v) is 26.4. The van der Waals surface area contributed by atoms with Crippen LogP contribution in [0.3, 0.4) is 0 Å². The van der Waals surface area contributed by atoms with E-state index in [-0.39, 0.29) is 17.6 Å². The van der Waals surface area contributed by atoms with Gasteiger partial charge < -0.3 is 28.8 Å². The van der Waals surface area contributed by atoms with E-state index < -0.39 is 5.60 Å². The average molecular weight is 612 g/mol. The molecule has 1 unspecified atom stereocenters. The van der Waals surface area contributed by atoms with Crippen molar-refractivity contribution in [1.82, 2.24) is 14.9 Å². The van der Waals surface area contributed by atoms with Gasteiger partial charge in [-0.05, 0) is 99.9 Å². The van der Waals surface area contributed by atoms with Crippen LogP contribution in [0.1, 0.15) is 63.5 Å². The molecule has 0 radical (unpaired) electrons. The summed E-state index contributed by atoms with van der Waals surface area (Å²) in [6.07, 6.45) is 3.74. The topological polar surface area (TPSA) is 103 Å². The summed E-state index contributed by atoms with van der Waals surface area (Å²) in [5.74, 6) is 2.67. The van der Waals surface area contributed by atoms with Gasteiger partial charge in [0.2, 0.25) is 5.56 Å². The van der Waals surface area contributed by atoms with Crippen molar-refractivity contribution in [3.05, 3.63) is 82.1 Å². The van der Waals surface area contributed by atoms with Crippen molar-refractivity contribution in [1.29, 1.82) is 0 Å². The first-order chi connectivity index (χ1) is 21.7. The molecule has 3 heterocycles. The molecule has 0 bridgehead atoms. The lowest BCUT2D eigenvalue weighted by atomic mass is 9.88. The lowest BCUT2D eigenvalue weighted by Gasteiger charge is -2.34. The molecule has 1 N–H and O–H groups in total. The number of amides is 1. The van der Waals surface area contributed by atoms with Crippen LogP contribution < -0.4 is 19.8 Å². The zero-order chi connectivity index (χ0) is 31.6. The summed E-state index contributed by atoms with van der Waals surface area (Å²) in [5, 5.41) is 0.853. The van der Waals surface area contributed by atoms with Crippen LogP contribution in [0, 0.1) is 5.92 Å². The SMILES string of the molecule is COc1ccc(COc2cccc(OCC3CC3)c2-c2cc(C3CCCN(C(=O)OC(C)(C)C)C3)c3ccc(=O)[nH]c3n2)cc1. The molecule has 1 saturated heterocycles. The molecule has 1 aliphatic heterocycles. The molecule has 0 spiro atoms. The fraction of sp³-hybridized carbons (Fsp3) is 0.417. The number of hydrogen-bond donors (Lipinski definition) is 1. The van der Waals surface area contributed by atoms with Gasteiger partial charge in [-0.3, -0.25) is 4.79 Å². The summed E-state index contributed by atoms with van der Waals surface area (Å²) < 4.78 is 23.8. The second-order valence-corrected chi connectivity index (χ2v) is 13.0. The molecule has 6 rings (SSSR count). The van der Waals surface area contributed by atoms with Crippen LogP contribution >= 0.6 is 0 Å². The lowest BCUT2D eigenvalue weighted by molar-refractivity contribution is 0.0198. The van der Waals surface area contributed by atoms with E-state index in [1.54, 1.807) is 12.0 Å². The highest BCUT2D eigenvalue weighted by atomic mass is 16.6. The fourth-order valence-electron chi connectivity index (χ4n) is 5.73. The van der Waals surface area contributed by atoms with Gasteiger partial charge in [0, 0.05) is 30.5 Å². The number of piperidine rings is 1. The molecule has 2 aromatic heterocycles. The molecular formula is C36H41N3O6. The molecule has 9 nitrogen and oxygen atoms in total. The van der Waals surface area contributed by atoms with Crippen molar-refractivity contribution in [2.24, 2.45) is 5.92 Å². The largest absolute Gasteiger partial charge is 0.497 e. The van der Waals surface area contributed by atoms with Gasteiger partial charge in [0.15, 0.2) is 0 Å². The quantitative estimate of drug-likeness (QED) is 0.216.